The lowest BCUT2D eigenvalue weighted by Gasteiger charge is -2.08. The molecule has 88 valence electrons. The Morgan fingerprint density at radius 2 is 2.50 bits per heavy atom. The predicted octanol–water partition coefficient (Wildman–Crippen LogP) is 0.858. The molecule has 0 aliphatic carbocycles. The van der Waals surface area contributed by atoms with Crippen LogP contribution in [0.1, 0.15) is 5.56 Å². The number of esters is 1. The summed E-state index contributed by atoms with van der Waals surface area (Å²) in [4.78, 5) is 15.0. The summed E-state index contributed by atoms with van der Waals surface area (Å²) in [7, 11) is 1.35. The van der Waals surface area contributed by atoms with Crippen LogP contribution in [0.5, 0.6) is 0 Å². The van der Waals surface area contributed by atoms with E-state index in [1.54, 1.807) is 18.0 Å². The summed E-state index contributed by atoms with van der Waals surface area (Å²) < 4.78 is 4.54. The van der Waals surface area contributed by atoms with Crippen LogP contribution < -0.4 is 5.73 Å². The summed E-state index contributed by atoms with van der Waals surface area (Å²) in [5.74, 6) is 1.16. The third-order valence-corrected chi connectivity index (χ3v) is 3.15. The number of aryl methyl sites for hydroxylation is 1. The van der Waals surface area contributed by atoms with Crippen LogP contribution in [0, 0.1) is 0 Å². The molecule has 1 heterocycles. The fourth-order valence-electron chi connectivity index (χ4n) is 1.17. The van der Waals surface area contributed by atoms with Crippen molar-refractivity contribution in [3.63, 3.8) is 0 Å². The maximum atomic E-state index is 11.0. The number of rotatable bonds is 6. The molecule has 0 bridgehead atoms. The molecule has 16 heavy (non-hydrogen) atoms. The van der Waals surface area contributed by atoms with Gasteiger partial charge in [-0.2, -0.15) is 11.8 Å². The maximum absolute atomic E-state index is 11.0. The molecule has 0 aliphatic heterocycles. The third kappa shape index (κ3) is 4.63. The lowest BCUT2D eigenvalue weighted by molar-refractivity contribution is -0.141. The lowest BCUT2D eigenvalue weighted by Crippen LogP contribution is -2.34. The van der Waals surface area contributed by atoms with Crippen molar-refractivity contribution in [3.05, 3.63) is 30.1 Å². The Kier molecular flexibility index (Phi) is 5.88. The van der Waals surface area contributed by atoms with Crippen molar-refractivity contribution < 1.29 is 9.53 Å². The van der Waals surface area contributed by atoms with Gasteiger partial charge in [0.1, 0.15) is 6.04 Å². The Labute approximate surface area is 99.6 Å². The SMILES string of the molecule is COC(=O)C(N)CSCCc1cccnc1. The molecule has 1 aromatic heterocycles. The average Bonchev–Trinajstić information content (AvgIpc) is 2.34. The number of hydrogen-bond acceptors (Lipinski definition) is 5. The molecule has 0 radical (unpaired) electrons. The second-order valence-corrected chi connectivity index (χ2v) is 4.47. The van der Waals surface area contributed by atoms with Gasteiger partial charge in [-0.3, -0.25) is 9.78 Å². The Balaban J connectivity index is 2.15. The van der Waals surface area contributed by atoms with Gasteiger partial charge in [-0.15, -0.1) is 0 Å². The smallest absolute Gasteiger partial charge is 0.323 e. The molecular formula is C11H16N2O2S. The van der Waals surface area contributed by atoms with E-state index in [1.807, 2.05) is 18.3 Å². The van der Waals surface area contributed by atoms with Crippen LogP contribution in [0.2, 0.25) is 0 Å². The van der Waals surface area contributed by atoms with E-state index in [4.69, 9.17) is 5.73 Å². The average molecular weight is 240 g/mol. The van der Waals surface area contributed by atoms with Crippen molar-refractivity contribution in [2.24, 2.45) is 5.73 Å². The molecule has 2 N–H and O–H groups in total. The Morgan fingerprint density at radius 1 is 1.69 bits per heavy atom. The number of methoxy groups -OCH3 is 1. The minimum atomic E-state index is -0.524. The number of thioether (sulfide) groups is 1. The van der Waals surface area contributed by atoms with Crippen LogP contribution in [-0.4, -0.2) is 35.6 Å². The van der Waals surface area contributed by atoms with E-state index in [2.05, 4.69) is 9.72 Å². The van der Waals surface area contributed by atoms with Gasteiger partial charge in [0, 0.05) is 18.1 Å². The van der Waals surface area contributed by atoms with Gasteiger partial charge in [0.2, 0.25) is 0 Å². The van der Waals surface area contributed by atoms with Crippen molar-refractivity contribution >= 4 is 17.7 Å². The van der Waals surface area contributed by atoms with E-state index >= 15 is 0 Å². The Hall–Kier alpha value is -1.07. The Morgan fingerprint density at radius 3 is 3.12 bits per heavy atom. The van der Waals surface area contributed by atoms with E-state index in [0.29, 0.717) is 5.75 Å². The highest BCUT2D eigenvalue weighted by molar-refractivity contribution is 7.99. The molecule has 0 amide bonds. The van der Waals surface area contributed by atoms with E-state index in [-0.39, 0.29) is 5.97 Å². The summed E-state index contributed by atoms with van der Waals surface area (Å²) >= 11 is 1.65. The van der Waals surface area contributed by atoms with Gasteiger partial charge < -0.3 is 10.5 Å². The zero-order chi connectivity index (χ0) is 11.8. The van der Waals surface area contributed by atoms with Gasteiger partial charge in [0.15, 0.2) is 0 Å². The minimum Gasteiger partial charge on any atom is -0.468 e. The molecule has 5 heteroatoms. The van der Waals surface area contributed by atoms with Crippen LogP contribution in [-0.2, 0) is 16.0 Å². The number of carbonyl (C=O) groups excluding carboxylic acids is 1. The molecule has 0 saturated heterocycles. The highest BCUT2D eigenvalue weighted by atomic mass is 32.2. The summed E-state index contributed by atoms with van der Waals surface area (Å²) in [5.41, 5.74) is 6.80. The topological polar surface area (TPSA) is 65.2 Å². The minimum absolute atomic E-state index is 0.353. The number of pyridine rings is 1. The van der Waals surface area contributed by atoms with Crippen molar-refractivity contribution in [2.75, 3.05) is 18.6 Å². The maximum Gasteiger partial charge on any atom is 0.323 e. The molecule has 1 unspecified atom stereocenters. The summed E-state index contributed by atoms with van der Waals surface area (Å²) in [5, 5.41) is 0. The normalized spacial score (nSPS) is 12.1. The first-order valence-electron chi connectivity index (χ1n) is 5.04. The number of nitrogens with two attached hydrogens (primary N) is 1. The standard InChI is InChI=1S/C11H16N2O2S/c1-15-11(14)10(12)8-16-6-4-9-3-2-5-13-7-9/h2-3,5,7,10H,4,6,8,12H2,1H3. The fraction of sp³-hybridized carbons (Fsp3) is 0.455. The molecule has 0 saturated carbocycles. The quantitative estimate of drug-likeness (QED) is 0.590. The number of nitrogens with zero attached hydrogens (tertiary/aromatic N) is 1. The van der Waals surface area contributed by atoms with Crippen LogP contribution in [0.4, 0.5) is 0 Å². The largest absolute Gasteiger partial charge is 0.468 e. The summed E-state index contributed by atoms with van der Waals surface area (Å²) in [6.07, 6.45) is 4.54. The molecule has 0 aromatic carbocycles. The second-order valence-electron chi connectivity index (χ2n) is 3.32. The lowest BCUT2D eigenvalue weighted by atomic mass is 10.2. The number of carbonyl (C=O) groups is 1. The first-order valence-corrected chi connectivity index (χ1v) is 6.19. The molecule has 0 spiro atoms. The van der Waals surface area contributed by atoms with Gasteiger partial charge in [-0.1, -0.05) is 6.07 Å². The highest BCUT2D eigenvalue weighted by Crippen LogP contribution is 2.07. The van der Waals surface area contributed by atoms with E-state index in [0.717, 1.165) is 12.2 Å². The molecule has 4 nitrogen and oxygen atoms in total. The zero-order valence-corrected chi connectivity index (χ0v) is 10.1. The first-order chi connectivity index (χ1) is 7.74. The van der Waals surface area contributed by atoms with Gasteiger partial charge in [-0.05, 0) is 23.8 Å². The van der Waals surface area contributed by atoms with Gasteiger partial charge >= 0.3 is 5.97 Å². The van der Waals surface area contributed by atoms with Gasteiger partial charge in [-0.25, -0.2) is 0 Å². The molecule has 1 rings (SSSR count). The van der Waals surface area contributed by atoms with E-state index in [9.17, 15) is 4.79 Å². The summed E-state index contributed by atoms with van der Waals surface area (Å²) in [6, 6.07) is 3.43. The third-order valence-electron chi connectivity index (χ3n) is 2.06. The molecule has 0 aliphatic rings. The number of ether oxygens (including phenoxy) is 1. The van der Waals surface area contributed by atoms with Crippen molar-refractivity contribution in [1.29, 1.82) is 0 Å². The Bertz CT molecular complexity index is 319. The van der Waals surface area contributed by atoms with Crippen molar-refractivity contribution in [3.8, 4) is 0 Å². The van der Waals surface area contributed by atoms with E-state index in [1.165, 1.54) is 12.7 Å². The van der Waals surface area contributed by atoms with E-state index < -0.39 is 6.04 Å². The second kappa shape index (κ2) is 7.24. The molecule has 1 atom stereocenters. The molecular weight excluding hydrogens is 224 g/mol. The van der Waals surface area contributed by atoms with Crippen molar-refractivity contribution in [2.45, 2.75) is 12.5 Å². The molecule has 0 fully saturated rings. The first kappa shape index (κ1) is 13.0. The molecule has 1 aromatic rings. The van der Waals surface area contributed by atoms with Crippen LogP contribution in [0.15, 0.2) is 24.5 Å². The zero-order valence-electron chi connectivity index (χ0n) is 9.26. The van der Waals surface area contributed by atoms with Gasteiger partial charge in [0.05, 0.1) is 7.11 Å². The summed E-state index contributed by atoms with van der Waals surface area (Å²) in [6.45, 7) is 0. The van der Waals surface area contributed by atoms with Gasteiger partial charge in [0.25, 0.3) is 0 Å². The van der Waals surface area contributed by atoms with Crippen molar-refractivity contribution in [1.82, 2.24) is 4.98 Å². The predicted molar refractivity (Wildman–Crippen MR) is 65.3 cm³/mol. The monoisotopic (exact) mass is 240 g/mol. The van der Waals surface area contributed by atoms with Crippen LogP contribution in [0.3, 0.4) is 0 Å². The fourth-order valence-corrected chi connectivity index (χ4v) is 2.10. The number of aromatic nitrogens is 1. The van der Waals surface area contributed by atoms with Crippen LogP contribution in [0.25, 0.3) is 0 Å². The highest BCUT2D eigenvalue weighted by Gasteiger charge is 2.12. The van der Waals surface area contributed by atoms with Crippen LogP contribution >= 0.6 is 11.8 Å². The number of hydrogen-bond donors (Lipinski definition) is 1.